The van der Waals surface area contributed by atoms with E-state index in [0.29, 0.717) is 6.42 Å². The highest BCUT2D eigenvalue weighted by Gasteiger charge is 2.12. The lowest BCUT2D eigenvalue weighted by Crippen LogP contribution is -2.30. The predicted octanol–water partition coefficient (Wildman–Crippen LogP) is 2.01. The van der Waals surface area contributed by atoms with Crippen molar-refractivity contribution in [1.82, 2.24) is 5.32 Å². The van der Waals surface area contributed by atoms with Gasteiger partial charge in [0.2, 0.25) is 5.91 Å². The van der Waals surface area contributed by atoms with Crippen LogP contribution in [0.3, 0.4) is 0 Å². The fourth-order valence-electron chi connectivity index (χ4n) is 1.57. The zero-order chi connectivity index (χ0) is 17.1. The van der Waals surface area contributed by atoms with Crippen molar-refractivity contribution in [2.45, 2.75) is 40.0 Å². The molecule has 0 heterocycles. The second kappa shape index (κ2) is 10.7. The van der Waals surface area contributed by atoms with Crippen molar-refractivity contribution in [2.75, 3.05) is 6.54 Å². The van der Waals surface area contributed by atoms with Gasteiger partial charge in [-0.2, -0.15) is 0 Å². The monoisotopic (exact) mass is 307 g/mol. The third-order valence-electron chi connectivity index (χ3n) is 3.23. The van der Waals surface area contributed by atoms with Crippen LogP contribution in [0.25, 0.3) is 0 Å². The largest absolute Gasteiger partial charge is 0.345 e. The quantitative estimate of drug-likeness (QED) is 0.592. The van der Waals surface area contributed by atoms with Gasteiger partial charge in [0.1, 0.15) is 5.78 Å². The minimum Gasteiger partial charge on any atom is -0.345 e. The number of carbonyl (C=O) groups is 4. The van der Waals surface area contributed by atoms with Crippen LogP contribution in [0, 0.1) is 11.8 Å². The summed E-state index contributed by atoms with van der Waals surface area (Å²) in [5, 5.41) is 2.42. The van der Waals surface area contributed by atoms with E-state index in [-0.39, 0.29) is 54.5 Å². The van der Waals surface area contributed by atoms with Gasteiger partial charge in [0.15, 0.2) is 11.6 Å². The molecule has 0 fully saturated rings. The number of hydrogen-bond acceptors (Lipinski definition) is 4. The van der Waals surface area contributed by atoms with Crippen LogP contribution in [0.1, 0.15) is 40.0 Å². The molecule has 1 amide bonds. The second-order valence-corrected chi connectivity index (χ2v) is 5.51. The molecule has 1 atom stereocenters. The Morgan fingerprint density at radius 3 is 2.23 bits per heavy atom. The Hall–Kier alpha value is -2.04. The SMILES string of the molecule is C=CC(=O)NCC(=O)C(C)C/C=C/C(=O)CCC(=O)C(C)C. The molecule has 0 saturated heterocycles. The molecule has 22 heavy (non-hydrogen) atoms. The lowest BCUT2D eigenvalue weighted by Gasteiger charge is -2.07. The van der Waals surface area contributed by atoms with Crippen LogP contribution >= 0.6 is 0 Å². The average molecular weight is 307 g/mol. The molecule has 0 aromatic carbocycles. The van der Waals surface area contributed by atoms with Crippen molar-refractivity contribution in [3.05, 3.63) is 24.8 Å². The van der Waals surface area contributed by atoms with Gasteiger partial charge < -0.3 is 5.32 Å². The summed E-state index contributed by atoms with van der Waals surface area (Å²) in [7, 11) is 0. The van der Waals surface area contributed by atoms with Gasteiger partial charge in [0.05, 0.1) is 6.54 Å². The number of nitrogens with one attached hydrogen (secondary N) is 1. The van der Waals surface area contributed by atoms with Crippen LogP contribution in [0.4, 0.5) is 0 Å². The molecule has 0 radical (unpaired) electrons. The van der Waals surface area contributed by atoms with Gasteiger partial charge in [-0.3, -0.25) is 19.2 Å². The van der Waals surface area contributed by atoms with Crippen molar-refractivity contribution < 1.29 is 19.2 Å². The summed E-state index contributed by atoms with van der Waals surface area (Å²) in [6.07, 6.45) is 5.04. The first kappa shape index (κ1) is 20.0. The topological polar surface area (TPSA) is 80.3 Å². The molecule has 0 aliphatic rings. The Morgan fingerprint density at radius 1 is 1.05 bits per heavy atom. The predicted molar refractivity (Wildman–Crippen MR) is 85.2 cm³/mol. The maximum absolute atomic E-state index is 11.7. The number of allylic oxidation sites excluding steroid dienone is 2. The van der Waals surface area contributed by atoms with Gasteiger partial charge in [-0.1, -0.05) is 33.4 Å². The van der Waals surface area contributed by atoms with Crippen LogP contribution < -0.4 is 5.32 Å². The molecule has 0 saturated carbocycles. The van der Waals surface area contributed by atoms with Gasteiger partial charge >= 0.3 is 0 Å². The molecule has 0 aliphatic heterocycles. The summed E-state index contributed by atoms with van der Waals surface area (Å²) in [6, 6.07) is 0. The first-order chi connectivity index (χ1) is 10.3. The van der Waals surface area contributed by atoms with Crippen molar-refractivity contribution in [2.24, 2.45) is 11.8 Å². The van der Waals surface area contributed by atoms with E-state index in [1.54, 1.807) is 26.8 Å². The summed E-state index contributed by atoms with van der Waals surface area (Å²) in [5.41, 5.74) is 0. The number of carbonyl (C=O) groups excluding carboxylic acids is 4. The highest BCUT2D eigenvalue weighted by Crippen LogP contribution is 2.06. The molecule has 1 N–H and O–H groups in total. The van der Waals surface area contributed by atoms with E-state index in [1.165, 1.54) is 6.08 Å². The Kier molecular flexibility index (Phi) is 9.67. The van der Waals surface area contributed by atoms with E-state index in [9.17, 15) is 19.2 Å². The Morgan fingerprint density at radius 2 is 1.68 bits per heavy atom. The second-order valence-electron chi connectivity index (χ2n) is 5.51. The normalized spacial score (nSPS) is 12.2. The molecule has 0 bridgehead atoms. The van der Waals surface area contributed by atoms with E-state index in [1.807, 2.05) is 0 Å². The van der Waals surface area contributed by atoms with E-state index >= 15 is 0 Å². The lowest BCUT2D eigenvalue weighted by molar-refractivity contribution is -0.124. The number of ketones is 3. The standard InChI is InChI=1S/C17H25NO4/c1-5-17(22)18-11-16(21)13(4)7-6-8-14(19)9-10-15(20)12(2)3/h5-6,8,12-13H,1,7,9-11H2,2-4H3,(H,18,22)/b8-6+. The summed E-state index contributed by atoms with van der Waals surface area (Å²) in [6.45, 7) is 8.60. The molecule has 122 valence electrons. The van der Waals surface area contributed by atoms with Gasteiger partial charge in [-0.15, -0.1) is 0 Å². The van der Waals surface area contributed by atoms with E-state index in [2.05, 4.69) is 11.9 Å². The Balaban J connectivity index is 4.06. The van der Waals surface area contributed by atoms with Gasteiger partial charge in [-0.25, -0.2) is 0 Å². The van der Waals surface area contributed by atoms with Gasteiger partial charge in [-0.05, 0) is 18.6 Å². The number of rotatable bonds is 11. The van der Waals surface area contributed by atoms with E-state index < -0.39 is 0 Å². The maximum atomic E-state index is 11.7. The molecule has 0 rings (SSSR count). The van der Waals surface area contributed by atoms with Crippen molar-refractivity contribution in [3.63, 3.8) is 0 Å². The first-order valence-electron chi connectivity index (χ1n) is 7.43. The fraction of sp³-hybridized carbons (Fsp3) is 0.529. The summed E-state index contributed by atoms with van der Waals surface area (Å²) >= 11 is 0. The number of hydrogen-bond donors (Lipinski definition) is 1. The maximum Gasteiger partial charge on any atom is 0.243 e. The third kappa shape index (κ3) is 9.00. The van der Waals surface area contributed by atoms with Crippen molar-refractivity contribution in [3.8, 4) is 0 Å². The smallest absolute Gasteiger partial charge is 0.243 e. The highest BCUT2D eigenvalue weighted by atomic mass is 16.2. The molecule has 5 nitrogen and oxygen atoms in total. The first-order valence-corrected chi connectivity index (χ1v) is 7.43. The zero-order valence-corrected chi connectivity index (χ0v) is 13.6. The molecule has 0 aromatic rings. The number of Topliss-reactive ketones (excluding diaryl/α,β-unsaturated/α-hetero) is 2. The van der Waals surface area contributed by atoms with Crippen LogP contribution in [0.15, 0.2) is 24.8 Å². The molecule has 1 unspecified atom stereocenters. The lowest BCUT2D eigenvalue weighted by atomic mass is 10.0. The van der Waals surface area contributed by atoms with E-state index in [4.69, 9.17) is 0 Å². The molecule has 5 heteroatoms. The van der Waals surface area contributed by atoms with Crippen LogP contribution in [0.2, 0.25) is 0 Å². The molecular formula is C17H25NO4. The van der Waals surface area contributed by atoms with Crippen LogP contribution in [-0.2, 0) is 19.2 Å². The van der Waals surface area contributed by atoms with Crippen molar-refractivity contribution >= 4 is 23.3 Å². The zero-order valence-electron chi connectivity index (χ0n) is 13.6. The fourth-order valence-corrected chi connectivity index (χ4v) is 1.57. The van der Waals surface area contributed by atoms with E-state index in [0.717, 1.165) is 6.08 Å². The molecule has 0 spiro atoms. The van der Waals surface area contributed by atoms with Crippen LogP contribution in [0.5, 0.6) is 0 Å². The van der Waals surface area contributed by atoms with Gasteiger partial charge in [0.25, 0.3) is 0 Å². The van der Waals surface area contributed by atoms with Gasteiger partial charge in [0, 0.05) is 24.7 Å². The Bertz CT molecular complexity index is 463. The molecule has 0 aliphatic carbocycles. The average Bonchev–Trinajstić information content (AvgIpc) is 2.49. The Labute approximate surface area is 131 Å². The molecule has 0 aromatic heterocycles. The number of amides is 1. The summed E-state index contributed by atoms with van der Waals surface area (Å²) in [4.78, 5) is 45.7. The minimum absolute atomic E-state index is 0.0449. The minimum atomic E-state index is -0.388. The third-order valence-corrected chi connectivity index (χ3v) is 3.23. The van der Waals surface area contributed by atoms with Crippen molar-refractivity contribution in [1.29, 1.82) is 0 Å². The summed E-state index contributed by atoms with van der Waals surface area (Å²) in [5.74, 6) is -0.883. The van der Waals surface area contributed by atoms with Crippen LogP contribution in [-0.4, -0.2) is 29.8 Å². The summed E-state index contributed by atoms with van der Waals surface area (Å²) < 4.78 is 0. The molecular weight excluding hydrogens is 282 g/mol. The highest BCUT2D eigenvalue weighted by molar-refractivity contribution is 5.94.